The number of aromatic nitrogens is 3. The summed E-state index contributed by atoms with van der Waals surface area (Å²) in [7, 11) is 3.71. The van der Waals surface area contributed by atoms with Gasteiger partial charge in [-0.05, 0) is 24.6 Å². The number of anilines is 4. The Morgan fingerprint density at radius 1 is 1.11 bits per heavy atom. The maximum Gasteiger partial charge on any atom is 0.243 e. The minimum Gasteiger partial charge on any atom is -0.347 e. The van der Waals surface area contributed by atoms with Gasteiger partial charge in [-0.3, -0.25) is 5.43 Å². The first-order valence-corrected chi connectivity index (χ1v) is 5.82. The predicted molar refractivity (Wildman–Crippen MR) is 76.4 cm³/mol. The Labute approximate surface area is 111 Å². The number of nitrogens with zero attached hydrogens (tertiary/aromatic N) is 4. The minimum atomic E-state index is 0.314. The van der Waals surface area contributed by atoms with Crippen LogP contribution in [0.4, 0.5) is 23.5 Å². The zero-order valence-corrected chi connectivity index (χ0v) is 11.2. The summed E-state index contributed by atoms with van der Waals surface area (Å²) in [6, 6.07) is 7.95. The molecule has 4 N–H and O–H groups in total. The standard InChI is InChI=1S/C12H17N7/c1-8-5-4-6-9(7-8)14-10-15-11(18-13)17-12(16-10)19(2)3/h4-7H,13H2,1-3H3,(H2,14,15,16,17,18). The van der Waals surface area contributed by atoms with Crippen molar-refractivity contribution < 1.29 is 0 Å². The summed E-state index contributed by atoms with van der Waals surface area (Å²) in [5, 5.41) is 3.13. The zero-order chi connectivity index (χ0) is 13.8. The van der Waals surface area contributed by atoms with Gasteiger partial charge >= 0.3 is 0 Å². The van der Waals surface area contributed by atoms with E-state index in [1.807, 2.05) is 45.3 Å². The second kappa shape index (κ2) is 5.49. The highest BCUT2D eigenvalue weighted by Crippen LogP contribution is 2.17. The molecule has 2 aromatic rings. The summed E-state index contributed by atoms with van der Waals surface area (Å²) < 4.78 is 0. The van der Waals surface area contributed by atoms with Crippen LogP contribution in [0.5, 0.6) is 0 Å². The van der Waals surface area contributed by atoms with E-state index in [0.717, 1.165) is 11.3 Å². The molecule has 0 saturated heterocycles. The van der Waals surface area contributed by atoms with E-state index in [-0.39, 0.29) is 0 Å². The van der Waals surface area contributed by atoms with Gasteiger partial charge in [0.05, 0.1) is 0 Å². The van der Waals surface area contributed by atoms with E-state index < -0.39 is 0 Å². The summed E-state index contributed by atoms with van der Waals surface area (Å²) >= 11 is 0. The summed E-state index contributed by atoms with van der Waals surface area (Å²) in [5.74, 6) is 6.64. The second-order valence-corrected chi connectivity index (χ2v) is 4.32. The highest BCUT2D eigenvalue weighted by molar-refractivity contribution is 5.56. The van der Waals surface area contributed by atoms with Crippen molar-refractivity contribution >= 4 is 23.5 Å². The molecule has 0 aliphatic carbocycles. The number of nitrogen functional groups attached to an aromatic ring is 1. The lowest BCUT2D eigenvalue weighted by Crippen LogP contribution is -2.18. The highest BCUT2D eigenvalue weighted by atomic mass is 15.4. The third kappa shape index (κ3) is 3.29. The van der Waals surface area contributed by atoms with Gasteiger partial charge in [0, 0.05) is 19.8 Å². The van der Waals surface area contributed by atoms with Gasteiger partial charge in [0.15, 0.2) is 0 Å². The third-order valence-electron chi connectivity index (χ3n) is 2.43. The molecule has 2 rings (SSSR count). The van der Waals surface area contributed by atoms with Gasteiger partial charge in [-0.15, -0.1) is 0 Å². The summed E-state index contributed by atoms with van der Waals surface area (Å²) in [6.07, 6.45) is 0. The van der Waals surface area contributed by atoms with Crippen LogP contribution in [0.3, 0.4) is 0 Å². The molecular formula is C12H17N7. The van der Waals surface area contributed by atoms with Gasteiger partial charge in [-0.25, -0.2) is 5.84 Å². The Bertz CT molecular complexity index is 568. The molecule has 0 amide bonds. The Hall–Kier alpha value is -2.41. The van der Waals surface area contributed by atoms with Crippen molar-refractivity contribution in [3.05, 3.63) is 29.8 Å². The van der Waals surface area contributed by atoms with Gasteiger partial charge < -0.3 is 10.2 Å². The van der Waals surface area contributed by atoms with Crippen molar-refractivity contribution in [2.24, 2.45) is 5.84 Å². The number of hydrogen-bond acceptors (Lipinski definition) is 7. The number of hydrogen-bond donors (Lipinski definition) is 3. The number of nitrogens with two attached hydrogens (primary N) is 1. The van der Waals surface area contributed by atoms with Crippen molar-refractivity contribution in [2.45, 2.75) is 6.92 Å². The SMILES string of the molecule is Cc1cccc(Nc2nc(NN)nc(N(C)C)n2)c1. The molecule has 1 aromatic carbocycles. The van der Waals surface area contributed by atoms with E-state index >= 15 is 0 Å². The number of benzene rings is 1. The molecule has 1 aromatic heterocycles. The molecule has 100 valence electrons. The van der Waals surface area contributed by atoms with E-state index in [1.54, 1.807) is 4.90 Å². The first-order valence-electron chi connectivity index (χ1n) is 5.82. The summed E-state index contributed by atoms with van der Waals surface area (Å²) in [4.78, 5) is 14.4. The predicted octanol–water partition coefficient (Wildman–Crippen LogP) is 1.28. The van der Waals surface area contributed by atoms with Crippen LogP contribution in [0.2, 0.25) is 0 Å². The van der Waals surface area contributed by atoms with Crippen LogP contribution in [0.1, 0.15) is 5.56 Å². The Morgan fingerprint density at radius 3 is 2.47 bits per heavy atom. The maximum atomic E-state index is 5.36. The molecule has 0 aliphatic rings. The van der Waals surface area contributed by atoms with E-state index in [0.29, 0.717) is 17.8 Å². The van der Waals surface area contributed by atoms with Crippen molar-refractivity contribution in [3.63, 3.8) is 0 Å². The Morgan fingerprint density at radius 2 is 1.84 bits per heavy atom. The van der Waals surface area contributed by atoms with E-state index in [2.05, 4.69) is 25.7 Å². The van der Waals surface area contributed by atoms with Crippen molar-refractivity contribution in [3.8, 4) is 0 Å². The lowest BCUT2D eigenvalue weighted by molar-refractivity contribution is 0.957. The first kappa shape index (κ1) is 13.0. The quantitative estimate of drug-likeness (QED) is 0.562. The van der Waals surface area contributed by atoms with Crippen molar-refractivity contribution in [1.82, 2.24) is 15.0 Å². The number of nitrogens with one attached hydrogen (secondary N) is 2. The molecule has 0 bridgehead atoms. The van der Waals surface area contributed by atoms with Crippen LogP contribution in [0, 0.1) is 6.92 Å². The number of hydrazine groups is 1. The Balaban J connectivity index is 2.31. The van der Waals surface area contributed by atoms with Crippen LogP contribution in [-0.4, -0.2) is 29.0 Å². The fourth-order valence-electron chi connectivity index (χ4n) is 1.54. The highest BCUT2D eigenvalue weighted by Gasteiger charge is 2.07. The lowest BCUT2D eigenvalue weighted by Gasteiger charge is -2.13. The number of rotatable bonds is 4. The van der Waals surface area contributed by atoms with Crippen LogP contribution >= 0.6 is 0 Å². The van der Waals surface area contributed by atoms with Gasteiger partial charge in [0.25, 0.3) is 0 Å². The third-order valence-corrected chi connectivity index (χ3v) is 2.43. The van der Waals surface area contributed by atoms with Crippen LogP contribution in [-0.2, 0) is 0 Å². The molecule has 0 saturated carbocycles. The van der Waals surface area contributed by atoms with Gasteiger partial charge in [-0.1, -0.05) is 12.1 Å². The maximum absolute atomic E-state index is 5.36. The zero-order valence-electron chi connectivity index (χ0n) is 11.2. The normalized spacial score (nSPS) is 10.1. The lowest BCUT2D eigenvalue weighted by atomic mass is 10.2. The Kier molecular flexibility index (Phi) is 3.76. The molecule has 0 radical (unpaired) electrons. The molecule has 0 fully saturated rings. The molecule has 0 spiro atoms. The van der Waals surface area contributed by atoms with Gasteiger partial charge in [-0.2, -0.15) is 15.0 Å². The number of aryl methyl sites for hydroxylation is 1. The van der Waals surface area contributed by atoms with E-state index in [1.165, 1.54) is 0 Å². The summed E-state index contributed by atoms with van der Waals surface area (Å²) in [6.45, 7) is 2.02. The molecule has 19 heavy (non-hydrogen) atoms. The fourth-order valence-corrected chi connectivity index (χ4v) is 1.54. The van der Waals surface area contributed by atoms with Gasteiger partial charge in [0.2, 0.25) is 17.8 Å². The van der Waals surface area contributed by atoms with Crippen LogP contribution < -0.4 is 21.5 Å². The summed E-state index contributed by atoms with van der Waals surface area (Å²) in [5.41, 5.74) is 4.50. The van der Waals surface area contributed by atoms with Crippen LogP contribution in [0.15, 0.2) is 24.3 Å². The van der Waals surface area contributed by atoms with E-state index in [4.69, 9.17) is 5.84 Å². The molecule has 0 aliphatic heterocycles. The van der Waals surface area contributed by atoms with Gasteiger partial charge in [0.1, 0.15) is 0 Å². The topological polar surface area (TPSA) is 92.0 Å². The molecule has 0 unspecified atom stereocenters. The smallest absolute Gasteiger partial charge is 0.243 e. The van der Waals surface area contributed by atoms with Crippen molar-refractivity contribution in [2.75, 3.05) is 29.7 Å². The first-order chi connectivity index (χ1) is 9.08. The molecule has 7 heteroatoms. The van der Waals surface area contributed by atoms with Crippen molar-refractivity contribution in [1.29, 1.82) is 0 Å². The molecule has 7 nitrogen and oxygen atoms in total. The largest absolute Gasteiger partial charge is 0.347 e. The second-order valence-electron chi connectivity index (χ2n) is 4.32. The fraction of sp³-hybridized carbons (Fsp3) is 0.250. The molecule has 0 atom stereocenters. The monoisotopic (exact) mass is 259 g/mol. The van der Waals surface area contributed by atoms with E-state index in [9.17, 15) is 0 Å². The molecular weight excluding hydrogens is 242 g/mol. The molecule has 1 heterocycles. The average molecular weight is 259 g/mol. The minimum absolute atomic E-state index is 0.314. The van der Waals surface area contributed by atoms with Crippen LogP contribution in [0.25, 0.3) is 0 Å². The average Bonchev–Trinajstić information content (AvgIpc) is 2.38.